The second-order valence-electron chi connectivity index (χ2n) is 3.37. The maximum atomic E-state index is 11.6. The fraction of sp³-hybridized carbons (Fsp3) is 0.455. The van der Waals surface area contributed by atoms with E-state index in [4.69, 9.17) is 9.47 Å². The second-order valence-corrected chi connectivity index (χ2v) is 3.37. The van der Waals surface area contributed by atoms with Gasteiger partial charge in [-0.15, -0.1) is 0 Å². The average molecular weight is 254 g/mol. The Balaban J connectivity index is 3.09. The van der Waals surface area contributed by atoms with Gasteiger partial charge in [-0.3, -0.25) is 10.1 Å². The van der Waals surface area contributed by atoms with E-state index >= 15 is 0 Å². The van der Waals surface area contributed by atoms with E-state index in [1.807, 2.05) is 6.92 Å². The first kappa shape index (κ1) is 13.9. The molecule has 0 aliphatic rings. The molecule has 0 aliphatic heterocycles. The van der Waals surface area contributed by atoms with Gasteiger partial charge in [0, 0.05) is 6.07 Å². The average Bonchev–Trinajstić information content (AvgIpc) is 2.36. The topological polar surface area (TPSA) is 91.6 Å². The number of hydrogen-bond acceptors (Lipinski definition) is 6. The Morgan fingerprint density at radius 2 is 2.22 bits per heavy atom. The third-order valence-electron chi connectivity index (χ3n) is 1.99. The van der Waals surface area contributed by atoms with Crippen molar-refractivity contribution in [3.8, 4) is 5.88 Å². The molecule has 0 radical (unpaired) electrons. The van der Waals surface area contributed by atoms with E-state index in [0.29, 0.717) is 6.61 Å². The molecule has 0 N–H and O–H groups in total. The zero-order chi connectivity index (χ0) is 13.5. The zero-order valence-corrected chi connectivity index (χ0v) is 10.2. The van der Waals surface area contributed by atoms with Gasteiger partial charge in [0.2, 0.25) is 5.88 Å². The molecule has 1 heterocycles. The molecule has 1 rings (SSSR count). The first-order valence-electron chi connectivity index (χ1n) is 5.54. The summed E-state index contributed by atoms with van der Waals surface area (Å²) in [4.78, 5) is 25.4. The van der Waals surface area contributed by atoms with Crippen LogP contribution in [0.1, 0.15) is 30.6 Å². The highest BCUT2D eigenvalue weighted by Gasteiger charge is 2.20. The molecule has 0 aliphatic carbocycles. The summed E-state index contributed by atoms with van der Waals surface area (Å²) in [7, 11) is 0. The molecule has 0 unspecified atom stereocenters. The summed E-state index contributed by atoms with van der Waals surface area (Å²) in [6, 6.07) is 1.11. The molecule has 0 aromatic carbocycles. The summed E-state index contributed by atoms with van der Waals surface area (Å²) in [6.45, 7) is 4.09. The second kappa shape index (κ2) is 6.53. The predicted octanol–water partition coefficient (Wildman–Crippen LogP) is 1.96. The van der Waals surface area contributed by atoms with Crippen molar-refractivity contribution in [3.05, 3.63) is 27.9 Å². The fourth-order valence-electron chi connectivity index (χ4n) is 1.21. The number of carbonyl (C=O) groups is 1. The van der Waals surface area contributed by atoms with E-state index in [-0.39, 0.29) is 23.7 Å². The number of rotatable bonds is 6. The molecule has 18 heavy (non-hydrogen) atoms. The van der Waals surface area contributed by atoms with Crippen LogP contribution >= 0.6 is 0 Å². The lowest BCUT2D eigenvalue weighted by molar-refractivity contribution is -0.385. The van der Waals surface area contributed by atoms with Gasteiger partial charge < -0.3 is 9.47 Å². The normalized spacial score (nSPS) is 9.89. The van der Waals surface area contributed by atoms with Gasteiger partial charge in [-0.2, -0.15) is 0 Å². The molecule has 0 saturated carbocycles. The molecule has 0 spiro atoms. The van der Waals surface area contributed by atoms with Crippen LogP contribution in [-0.2, 0) is 4.74 Å². The molecule has 0 atom stereocenters. The van der Waals surface area contributed by atoms with Crippen molar-refractivity contribution >= 4 is 11.7 Å². The van der Waals surface area contributed by atoms with Gasteiger partial charge in [0.1, 0.15) is 11.8 Å². The number of esters is 1. The van der Waals surface area contributed by atoms with Crippen LogP contribution in [0, 0.1) is 10.1 Å². The van der Waals surface area contributed by atoms with Gasteiger partial charge in [0.05, 0.1) is 18.1 Å². The Labute approximate surface area is 104 Å². The van der Waals surface area contributed by atoms with E-state index in [9.17, 15) is 14.9 Å². The van der Waals surface area contributed by atoms with E-state index in [0.717, 1.165) is 18.7 Å². The third-order valence-corrected chi connectivity index (χ3v) is 1.99. The van der Waals surface area contributed by atoms with Crippen molar-refractivity contribution in [3.63, 3.8) is 0 Å². The number of pyridine rings is 1. The minimum Gasteiger partial charge on any atom is -0.477 e. The number of nitrogens with zero attached hydrogens (tertiary/aromatic N) is 2. The maximum Gasteiger partial charge on any atom is 0.343 e. The molecule has 98 valence electrons. The Morgan fingerprint density at radius 1 is 1.50 bits per heavy atom. The molecule has 0 amide bonds. The van der Waals surface area contributed by atoms with Crippen molar-refractivity contribution < 1.29 is 19.2 Å². The van der Waals surface area contributed by atoms with Crippen LogP contribution in [0.3, 0.4) is 0 Å². The van der Waals surface area contributed by atoms with Crippen molar-refractivity contribution in [1.29, 1.82) is 0 Å². The van der Waals surface area contributed by atoms with E-state index in [1.165, 1.54) is 0 Å². The molecule has 0 fully saturated rings. The summed E-state index contributed by atoms with van der Waals surface area (Å²) in [5.74, 6) is -0.624. The van der Waals surface area contributed by atoms with Crippen LogP contribution in [0.2, 0.25) is 0 Å². The number of aromatic nitrogens is 1. The third kappa shape index (κ3) is 3.41. The van der Waals surface area contributed by atoms with Crippen LogP contribution in [-0.4, -0.2) is 29.1 Å². The minimum absolute atomic E-state index is 0.0282. The van der Waals surface area contributed by atoms with Crippen LogP contribution in [0.4, 0.5) is 5.69 Å². The maximum absolute atomic E-state index is 11.6. The molecule has 7 nitrogen and oxygen atoms in total. The van der Waals surface area contributed by atoms with E-state index < -0.39 is 10.9 Å². The van der Waals surface area contributed by atoms with E-state index in [1.54, 1.807) is 6.92 Å². The first-order chi connectivity index (χ1) is 8.60. The summed E-state index contributed by atoms with van der Waals surface area (Å²) in [5.41, 5.74) is -0.304. The minimum atomic E-state index is -0.681. The van der Waals surface area contributed by atoms with Gasteiger partial charge >= 0.3 is 5.97 Å². The molecule has 0 saturated heterocycles. The van der Waals surface area contributed by atoms with E-state index in [2.05, 4.69) is 4.98 Å². The predicted molar refractivity (Wildman–Crippen MR) is 62.6 cm³/mol. The molecule has 0 bridgehead atoms. The highest BCUT2D eigenvalue weighted by atomic mass is 16.6. The largest absolute Gasteiger partial charge is 0.477 e. The zero-order valence-electron chi connectivity index (χ0n) is 10.2. The Bertz CT molecular complexity index is 447. The highest BCUT2D eigenvalue weighted by Crippen LogP contribution is 2.22. The molecule has 1 aromatic rings. The van der Waals surface area contributed by atoms with Crippen molar-refractivity contribution in [2.24, 2.45) is 0 Å². The SMILES string of the molecule is CCCOc1ncc([N+](=O)[O-])cc1C(=O)OCC. The molecular formula is C11H14N2O5. The van der Waals surface area contributed by atoms with Crippen molar-refractivity contribution in [1.82, 2.24) is 4.98 Å². The standard InChI is InChI=1S/C11H14N2O5/c1-3-5-18-10-9(11(14)17-4-2)6-8(7-12-10)13(15)16/h6-7H,3-5H2,1-2H3. The van der Waals surface area contributed by atoms with Gasteiger partial charge in [0.25, 0.3) is 5.69 Å². The fourth-order valence-corrected chi connectivity index (χ4v) is 1.21. The van der Waals surface area contributed by atoms with Crippen LogP contribution in [0.25, 0.3) is 0 Å². The van der Waals surface area contributed by atoms with Gasteiger partial charge in [-0.25, -0.2) is 9.78 Å². The number of ether oxygens (including phenoxy) is 2. The van der Waals surface area contributed by atoms with Crippen LogP contribution < -0.4 is 4.74 Å². The van der Waals surface area contributed by atoms with Crippen molar-refractivity contribution in [2.75, 3.05) is 13.2 Å². The van der Waals surface area contributed by atoms with Crippen LogP contribution in [0.5, 0.6) is 5.88 Å². The summed E-state index contributed by atoms with van der Waals surface area (Å²) in [5, 5.41) is 10.6. The molecule has 1 aromatic heterocycles. The monoisotopic (exact) mass is 254 g/mol. The lowest BCUT2D eigenvalue weighted by Gasteiger charge is -2.08. The Kier molecular flexibility index (Phi) is 5.04. The number of nitro groups is 1. The summed E-state index contributed by atoms with van der Waals surface area (Å²) in [6.07, 6.45) is 1.79. The quantitative estimate of drug-likeness (QED) is 0.437. The molecular weight excluding hydrogens is 240 g/mol. The lowest BCUT2D eigenvalue weighted by atomic mass is 10.2. The summed E-state index contributed by atoms with van der Waals surface area (Å²) >= 11 is 0. The van der Waals surface area contributed by atoms with Crippen LogP contribution in [0.15, 0.2) is 12.3 Å². The summed E-state index contributed by atoms with van der Waals surface area (Å²) < 4.78 is 10.1. The number of carbonyl (C=O) groups excluding carboxylic acids is 1. The Morgan fingerprint density at radius 3 is 2.78 bits per heavy atom. The highest BCUT2D eigenvalue weighted by molar-refractivity contribution is 5.92. The van der Waals surface area contributed by atoms with Gasteiger partial charge in [-0.05, 0) is 13.3 Å². The first-order valence-corrected chi connectivity index (χ1v) is 5.54. The van der Waals surface area contributed by atoms with Gasteiger partial charge in [0.15, 0.2) is 0 Å². The lowest BCUT2D eigenvalue weighted by Crippen LogP contribution is -2.10. The smallest absolute Gasteiger partial charge is 0.343 e. The number of hydrogen-bond donors (Lipinski definition) is 0. The van der Waals surface area contributed by atoms with Crippen molar-refractivity contribution in [2.45, 2.75) is 20.3 Å². The molecule has 7 heteroatoms. The van der Waals surface area contributed by atoms with Gasteiger partial charge in [-0.1, -0.05) is 6.92 Å². The Hall–Kier alpha value is -2.18.